The smallest absolute Gasteiger partial charge is 0.310 e. The van der Waals surface area contributed by atoms with Crippen LogP contribution in [-0.2, 0) is 4.79 Å². The molecule has 0 bridgehead atoms. The lowest BCUT2D eigenvalue weighted by Crippen LogP contribution is -2.35. The fraction of sp³-hybridized carbons (Fsp3) is 0.500. The van der Waals surface area contributed by atoms with Crippen molar-refractivity contribution in [2.75, 3.05) is 7.11 Å². The molecule has 98 valence electrons. The second kappa shape index (κ2) is 5.76. The average molecular weight is 250 g/mol. The topological polar surface area (TPSA) is 55.8 Å². The number of hydrogen-bond donors (Lipinski definition) is 1. The van der Waals surface area contributed by atoms with Crippen molar-refractivity contribution in [2.24, 2.45) is 5.92 Å². The molecule has 1 saturated carbocycles. The molecule has 1 aliphatic carbocycles. The van der Waals surface area contributed by atoms with Gasteiger partial charge in [-0.2, -0.15) is 0 Å². The van der Waals surface area contributed by atoms with Crippen molar-refractivity contribution in [3.05, 3.63) is 24.3 Å². The highest BCUT2D eigenvalue weighted by Crippen LogP contribution is 2.29. The van der Waals surface area contributed by atoms with Gasteiger partial charge in [-0.25, -0.2) is 0 Å². The molecule has 18 heavy (non-hydrogen) atoms. The van der Waals surface area contributed by atoms with Crippen LogP contribution in [0.25, 0.3) is 0 Å². The Bertz CT molecular complexity index is 399. The van der Waals surface area contributed by atoms with Crippen LogP contribution in [0.2, 0.25) is 0 Å². The van der Waals surface area contributed by atoms with Gasteiger partial charge in [0.1, 0.15) is 17.6 Å². The predicted molar refractivity (Wildman–Crippen MR) is 67.0 cm³/mol. The van der Waals surface area contributed by atoms with Gasteiger partial charge in [0.15, 0.2) is 0 Å². The van der Waals surface area contributed by atoms with Gasteiger partial charge in [-0.3, -0.25) is 4.79 Å². The molecule has 0 aromatic heterocycles. The Balaban J connectivity index is 2.03. The van der Waals surface area contributed by atoms with Crippen molar-refractivity contribution in [3.8, 4) is 11.5 Å². The summed E-state index contributed by atoms with van der Waals surface area (Å²) in [5, 5.41) is 9.17. The third-order valence-electron chi connectivity index (χ3n) is 3.37. The van der Waals surface area contributed by atoms with E-state index in [0.29, 0.717) is 12.2 Å². The molecular weight excluding hydrogens is 232 g/mol. The minimum atomic E-state index is -0.756. The standard InChI is InChI=1S/C14H18O4/c1-17-10-6-8-11(9-7-10)18-13-5-3-2-4-12(13)14(15)16/h6-9,12-13H,2-5H2,1H3,(H,15,16). The molecule has 1 aromatic rings. The highest BCUT2D eigenvalue weighted by Gasteiger charge is 2.32. The molecule has 0 radical (unpaired) electrons. The molecule has 0 heterocycles. The first-order valence-corrected chi connectivity index (χ1v) is 6.24. The normalized spacial score (nSPS) is 23.4. The number of carboxylic acid groups (broad SMARTS) is 1. The number of ether oxygens (including phenoxy) is 2. The highest BCUT2D eigenvalue weighted by atomic mass is 16.5. The Hall–Kier alpha value is -1.71. The molecule has 0 amide bonds. The SMILES string of the molecule is COc1ccc(OC2CCCCC2C(=O)O)cc1. The zero-order valence-corrected chi connectivity index (χ0v) is 10.5. The molecule has 0 saturated heterocycles. The van der Waals surface area contributed by atoms with Crippen molar-refractivity contribution in [2.45, 2.75) is 31.8 Å². The summed E-state index contributed by atoms with van der Waals surface area (Å²) in [5.74, 6) is 0.323. The summed E-state index contributed by atoms with van der Waals surface area (Å²) in [6, 6.07) is 7.25. The number of carbonyl (C=O) groups is 1. The zero-order chi connectivity index (χ0) is 13.0. The number of carboxylic acids is 1. The average Bonchev–Trinajstić information content (AvgIpc) is 2.40. The van der Waals surface area contributed by atoms with Gasteiger partial charge < -0.3 is 14.6 Å². The Morgan fingerprint density at radius 2 is 1.78 bits per heavy atom. The molecule has 1 aromatic carbocycles. The van der Waals surface area contributed by atoms with Gasteiger partial charge in [0, 0.05) is 0 Å². The number of benzene rings is 1. The summed E-state index contributed by atoms with van der Waals surface area (Å²) in [6.07, 6.45) is 3.30. The summed E-state index contributed by atoms with van der Waals surface area (Å²) in [4.78, 5) is 11.2. The quantitative estimate of drug-likeness (QED) is 0.892. The van der Waals surface area contributed by atoms with Crippen molar-refractivity contribution in [3.63, 3.8) is 0 Å². The maximum atomic E-state index is 11.2. The molecular formula is C14H18O4. The molecule has 0 aliphatic heterocycles. The van der Waals surface area contributed by atoms with Crippen LogP contribution in [0.15, 0.2) is 24.3 Å². The molecule has 0 spiro atoms. The zero-order valence-electron chi connectivity index (χ0n) is 10.5. The van der Waals surface area contributed by atoms with Gasteiger partial charge in [0.05, 0.1) is 13.0 Å². The third kappa shape index (κ3) is 2.94. The Kier molecular flexibility index (Phi) is 4.07. The number of hydrogen-bond acceptors (Lipinski definition) is 3. The van der Waals surface area contributed by atoms with E-state index in [1.807, 2.05) is 24.3 Å². The molecule has 2 unspecified atom stereocenters. The van der Waals surface area contributed by atoms with Crippen LogP contribution in [-0.4, -0.2) is 24.3 Å². The van der Waals surface area contributed by atoms with Crippen LogP contribution < -0.4 is 9.47 Å². The van der Waals surface area contributed by atoms with E-state index in [1.165, 1.54) is 0 Å². The minimum absolute atomic E-state index is 0.218. The number of methoxy groups -OCH3 is 1. The van der Waals surface area contributed by atoms with Crippen LogP contribution in [0.4, 0.5) is 0 Å². The Labute approximate surface area is 107 Å². The molecule has 2 rings (SSSR count). The van der Waals surface area contributed by atoms with Crippen molar-refractivity contribution in [1.29, 1.82) is 0 Å². The lowest BCUT2D eigenvalue weighted by atomic mass is 9.86. The van der Waals surface area contributed by atoms with E-state index in [4.69, 9.17) is 14.6 Å². The van der Waals surface area contributed by atoms with E-state index in [-0.39, 0.29) is 12.0 Å². The van der Waals surface area contributed by atoms with Crippen molar-refractivity contribution >= 4 is 5.97 Å². The van der Waals surface area contributed by atoms with Crippen LogP contribution >= 0.6 is 0 Å². The molecule has 1 aliphatic rings. The summed E-state index contributed by atoms with van der Waals surface area (Å²) in [6.45, 7) is 0. The first kappa shape index (κ1) is 12.7. The first-order chi connectivity index (χ1) is 8.70. The summed E-state index contributed by atoms with van der Waals surface area (Å²) >= 11 is 0. The fourth-order valence-electron chi connectivity index (χ4n) is 2.35. The second-order valence-corrected chi connectivity index (χ2v) is 4.56. The van der Waals surface area contributed by atoms with E-state index < -0.39 is 5.97 Å². The van der Waals surface area contributed by atoms with Gasteiger partial charge in [-0.1, -0.05) is 6.42 Å². The van der Waals surface area contributed by atoms with Gasteiger partial charge >= 0.3 is 5.97 Å². The summed E-state index contributed by atoms with van der Waals surface area (Å²) < 4.78 is 10.9. The summed E-state index contributed by atoms with van der Waals surface area (Å²) in [5.41, 5.74) is 0. The molecule has 4 heteroatoms. The van der Waals surface area contributed by atoms with Crippen LogP contribution in [0.1, 0.15) is 25.7 Å². The minimum Gasteiger partial charge on any atom is -0.497 e. The Morgan fingerprint density at radius 3 is 2.39 bits per heavy atom. The van der Waals surface area contributed by atoms with Gasteiger partial charge in [0.25, 0.3) is 0 Å². The maximum absolute atomic E-state index is 11.2. The van der Waals surface area contributed by atoms with E-state index in [2.05, 4.69) is 0 Å². The number of aliphatic carboxylic acids is 1. The van der Waals surface area contributed by atoms with Crippen LogP contribution in [0.3, 0.4) is 0 Å². The first-order valence-electron chi connectivity index (χ1n) is 6.24. The maximum Gasteiger partial charge on any atom is 0.310 e. The Morgan fingerprint density at radius 1 is 1.17 bits per heavy atom. The third-order valence-corrected chi connectivity index (χ3v) is 3.37. The van der Waals surface area contributed by atoms with Crippen LogP contribution in [0.5, 0.6) is 11.5 Å². The molecule has 4 nitrogen and oxygen atoms in total. The van der Waals surface area contributed by atoms with Crippen molar-refractivity contribution in [1.82, 2.24) is 0 Å². The largest absolute Gasteiger partial charge is 0.497 e. The van der Waals surface area contributed by atoms with Gasteiger partial charge in [-0.15, -0.1) is 0 Å². The van der Waals surface area contributed by atoms with E-state index in [0.717, 1.165) is 25.0 Å². The van der Waals surface area contributed by atoms with Crippen molar-refractivity contribution < 1.29 is 19.4 Å². The summed E-state index contributed by atoms with van der Waals surface area (Å²) in [7, 11) is 1.61. The van der Waals surface area contributed by atoms with Crippen LogP contribution in [0, 0.1) is 5.92 Å². The highest BCUT2D eigenvalue weighted by molar-refractivity contribution is 5.70. The van der Waals surface area contributed by atoms with Gasteiger partial charge in [0.2, 0.25) is 0 Å². The fourth-order valence-corrected chi connectivity index (χ4v) is 2.35. The van der Waals surface area contributed by atoms with Gasteiger partial charge in [-0.05, 0) is 43.5 Å². The lowest BCUT2D eigenvalue weighted by molar-refractivity contribution is -0.146. The van der Waals surface area contributed by atoms with E-state index >= 15 is 0 Å². The van der Waals surface area contributed by atoms with E-state index in [9.17, 15) is 4.79 Å². The predicted octanol–water partition coefficient (Wildman–Crippen LogP) is 2.72. The lowest BCUT2D eigenvalue weighted by Gasteiger charge is -2.29. The molecule has 1 N–H and O–H groups in total. The van der Waals surface area contributed by atoms with E-state index in [1.54, 1.807) is 7.11 Å². The second-order valence-electron chi connectivity index (χ2n) is 4.56. The monoisotopic (exact) mass is 250 g/mol. The molecule has 1 fully saturated rings. The number of rotatable bonds is 4. The molecule has 2 atom stereocenters.